The van der Waals surface area contributed by atoms with Gasteiger partial charge in [-0.25, -0.2) is 8.42 Å². The SMILES string of the molecule is Cc1ccc(S(=O)(=O)NC(c2ccccc2Cl)c2c(O)ccc3ccccc23)cc1. The lowest BCUT2D eigenvalue weighted by Crippen LogP contribution is -2.30. The Morgan fingerprint density at radius 3 is 2.27 bits per heavy atom. The van der Waals surface area contributed by atoms with Crippen LogP contribution in [0.3, 0.4) is 0 Å². The molecule has 0 saturated heterocycles. The molecule has 1 unspecified atom stereocenters. The molecule has 0 radical (unpaired) electrons. The van der Waals surface area contributed by atoms with Crippen molar-refractivity contribution in [2.75, 3.05) is 0 Å². The predicted octanol–water partition coefficient (Wildman–Crippen LogP) is 5.58. The van der Waals surface area contributed by atoms with Crippen LogP contribution < -0.4 is 4.72 Å². The number of fused-ring (bicyclic) bond motifs is 1. The highest BCUT2D eigenvalue weighted by atomic mass is 35.5. The number of hydrogen-bond acceptors (Lipinski definition) is 3. The van der Waals surface area contributed by atoms with Crippen molar-refractivity contribution in [3.63, 3.8) is 0 Å². The second kappa shape index (κ2) is 8.11. The van der Waals surface area contributed by atoms with Gasteiger partial charge in [0.15, 0.2) is 0 Å². The number of benzene rings is 4. The minimum absolute atomic E-state index is 0.00905. The Morgan fingerprint density at radius 1 is 0.867 bits per heavy atom. The van der Waals surface area contributed by atoms with Gasteiger partial charge in [0.05, 0.1) is 10.9 Å². The lowest BCUT2D eigenvalue weighted by Gasteiger charge is -2.23. The largest absolute Gasteiger partial charge is 0.508 e. The normalized spacial score (nSPS) is 12.7. The van der Waals surface area contributed by atoms with Crippen molar-refractivity contribution in [3.8, 4) is 5.75 Å². The maximum absolute atomic E-state index is 13.2. The van der Waals surface area contributed by atoms with E-state index in [9.17, 15) is 13.5 Å². The number of phenolic OH excluding ortho intramolecular Hbond substituents is 1. The zero-order valence-corrected chi connectivity index (χ0v) is 17.8. The van der Waals surface area contributed by atoms with E-state index in [0.29, 0.717) is 16.1 Å². The average molecular weight is 438 g/mol. The maximum Gasteiger partial charge on any atom is 0.241 e. The molecule has 0 bridgehead atoms. The molecular weight excluding hydrogens is 418 g/mol. The number of nitrogens with one attached hydrogen (secondary N) is 1. The van der Waals surface area contributed by atoms with Gasteiger partial charge in [-0.2, -0.15) is 4.72 Å². The first kappa shape index (κ1) is 20.4. The third-order valence-corrected chi connectivity index (χ3v) is 6.84. The van der Waals surface area contributed by atoms with Gasteiger partial charge < -0.3 is 5.11 Å². The first-order valence-electron chi connectivity index (χ1n) is 9.41. The van der Waals surface area contributed by atoms with Gasteiger partial charge in [-0.1, -0.05) is 77.8 Å². The van der Waals surface area contributed by atoms with E-state index < -0.39 is 16.1 Å². The summed E-state index contributed by atoms with van der Waals surface area (Å²) >= 11 is 6.45. The molecule has 2 N–H and O–H groups in total. The highest BCUT2D eigenvalue weighted by Crippen LogP contribution is 2.38. The molecule has 4 rings (SSSR count). The van der Waals surface area contributed by atoms with Crippen LogP contribution >= 0.6 is 11.6 Å². The van der Waals surface area contributed by atoms with Crippen molar-refractivity contribution in [2.45, 2.75) is 17.9 Å². The van der Waals surface area contributed by atoms with Gasteiger partial charge in [-0.15, -0.1) is 0 Å². The van der Waals surface area contributed by atoms with Crippen LogP contribution in [0.25, 0.3) is 10.8 Å². The molecule has 0 saturated carbocycles. The zero-order chi connectivity index (χ0) is 21.3. The highest BCUT2D eigenvalue weighted by Gasteiger charge is 2.28. The van der Waals surface area contributed by atoms with Crippen LogP contribution in [-0.4, -0.2) is 13.5 Å². The lowest BCUT2D eigenvalue weighted by atomic mass is 9.93. The summed E-state index contributed by atoms with van der Waals surface area (Å²) in [5.41, 5.74) is 1.97. The Balaban J connectivity index is 1.92. The Kier molecular flexibility index (Phi) is 5.52. The van der Waals surface area contributed by atoms with E-state index in [4.69, 9.17) is 11.6 Å². The number of phenols is 1. The summed E-state index contributed by atoms with van der Waals surface area (Å²) in [6.45, 7) is 1.89. The quantitative estimate of drug-likeness (QED) is 0.428. The summed E-state index contributed by atoms with van der Waals surface area (Å²) in [7, 11) is -3.89. The van der Waals surface area contributed by atoms with E-state index in [-0.39, 0.29) is 10.6 Å². The van der Waals surface area contributed by atoms with Gasteiger partial charge in [0.25, 0.3) is 0 Å². The Bertz CT molecular complexity index is 1320. The molecule has 0 aliphatic rings. The number of aryl methyl sites for hydroxylation is 1. The molecule has 0 fully saturated rings. The predicted molar refractivity (Wildman–Crippen MR) is 120 cm³/mol. The Hall–Kier alpha value is -2.86. The highest BCUT2D eigenvalue weighted by molar-refractivity contribution is 7.89. The molecule has 0 heterocycles. The van der Waals surface area contributed by atoms with Crippen molar-refractivity contribution in [1.82, 2.24) is 4.72 Å². The first-order valence-corrected chi connectivity index (χ1v) is 11.3. The smallest absolute Gasteiger partial charge is 0.241 e. The molecule has 0 spiro atoms. The monoisotopic (exact) mass is 437 g/mol. The first-order chi connectivity index (χ1) is 14.4. The third kappa shape index (κ3) is 3.92. The molecule has 1 atom stereocenters. The number of aromatic hydroxyl groups is 1. The summed E-state index contributed by atoms with van der Waals surface area (Å²) in [4.78, 5) is 0.143. The summed E-state index contributed by atoms with van der Waals surface area (Å²) in [5.74, 6) is -0.00905. The van der Waals surface area contributed by atoms with E-state index in [1.807, 2.05) is 31.2 Å². The molecule has 0 aromatic heterocycles. The molecule has 0 aliphatic carbocycles. The van der Waals surface area contributed by atoms with E-state index in [1.165, 1.54) is 0 Å². The van der Waals surface area contributed by atoms with E-state index in [1.54, 1.807) is 60.7 Å². The van der Waals surface area contributed by atoms with Gasteiger partial charge in [-0.3, -0.25) is 0 Å². The van der Waals surface area contributed by atoms with Crippen LogP contribution in [0.1, 0.15) is 22.7 Å². The van der Waals surface area contributed by atoms with Crippen LogP contribution in [0.15, 0.2) is 89.8 Å². The van der Waals surface area contributed by atoms with Gasteiger partial charge in [-0.05, 0) is 47.5 Å². The molecular formula is C24H20ClNO3S. The molecule has 0 amide bonds. The van der Waals surface area contributed by atoms with Gasteiger partial charge in [0.2, 0.25) is 10.0 Å². The molecule has 30 heavy (non-hydrogen) atoms. The van der Waals surface area contributed by atoms with Crippen molar-refractivity contribution in [2.24, 2.45) is 0 Å². The molecule has 6 heteroatoms. The minimum atomic E-state index is -3.89. The Morgan fingerprint density at radius 2 is 1.53 bits per heavy atom. The van der Waals surface area contributed by atoms with Gasteiger partial charge in [0, 0.05) is 10.6 Å². The van der Waals surface area contributed by atoms with Crippen molar-refractivity contribution in [3.05, 3.63) is 107 Å². The zero-order valence-electron chi connectivity index (χ0n) is 16.2. The van der Waals surface area contributed by atoms with Crippen LogP contribution in [0, 0.1) is 6.92 Å². The lowest BCUT2D eigenvalue weighted by molar-refractivity contribution is 0.464. The van der Waals surface area contributed by atoms with Crippen LogP contribution in [-0.2, 0) is 10.0 Å². The topological polar surface area (TPSA) is 66.4 Å². The fraction of sp³-hybridized carbons (Fsp3) is 0.0833. The Labute approximate surface area is 180 Å². The minimum Gasteiger partial charge on any atom is -0.508 e. The average Bonchev–Trinajstić information content (AvgIpc) is 2.73. The van der Waals surface area contributed by atoms with Gasteiger partial charge >= 0.3 is 0 Å². The second-order valence-corrected chi connectivity index (χ2v) is 9.23. The molecule has 4 aromatic rings. The van der Waals surface area contributed by atoms with Crippen LogP contribution in [0.2, 0.25) is 5.02 Å². The number of halogens is 1. The van der Waals surface area contributed by atoms with E-state index in [0.717, 1.165) is 16.3 Å². The van der Waals surface area contributed by atoms with Crippen LogP contribution in [0.5, 0.6) is 5.75 Å². The third-order valence-electron chi connectivity index (χ3n) is 5.06. The molecule has 4 aromatic carbocycles. The van der Waals surface area contributed by atoms with Crippen molar-refractivity contribution < 1.29 is 13.5 Å². The van der Waals surface area contributed by atoms with E-state index in [2.05, 4.69) is 4.72 Å². The standard InChI is InChI=1S/C24H20ClNO3S/c1-16-10-13-18(14-11-16)30(28,29)26-24(20-8-4-5-9-21(20)25)23-19-7-3-2-6-17(19)12-15-22(23)27/h2-15,24,26-27H,1H3. The van der Waals surface area contributed by atoms with Crippen molar-refractivity contribution in [1.29, 1.82) is 0 Å². The molecule has 152 valence electrons. The number of hydrogen-bond donors (Lipinski definition) is 2. The summed E-state index contributed by atoms with van der Waals surface area (Å²) < 4.78 is 29.2. The summed E-state index contributed by atoms with van der Waals surface area (Å²) in [5, 5.41) is 12.8. The molecule has 4 nitrogen and oxygen atoms in total. The number of sulfonamides is 1. The maximum atomic E-state index is 13.2. The molecule has 0 aliphatic heterocycles. The van der Waals surface area contributed by atoms with Gasteiger partial charge in [0.1, 0.15) is 5.75 Å². The fourth-order valence-electron chi connectivity index (χ4n) is 3.52. The number of rotatable bonds is 5. The van der Waals surface area contributed by atoms with Crippen molar-refractivity contribution >= 4 is 32.4 Å². The van der Waals surface area contributed by atoms with E-state index >= 15 is 0 Å². The summed E-state index contributed by atoms with van der Waals surface area (Å²) in [6.07, 6.45) is 0. The second-order valence-electron chi connectivity index (χ2n) is 7.11. The summed E-state index contributed by atoms with van der Waals surface area (Å²) in [6, 6.07) is 23.6. The van der Waals surface area contributed by atoms with Crippen LogP contribution in [0.4, 0.5) is 0 Å². The fourth-order valence-corrected chi connectivity index (χ4v) is 4.95.